The van der Waals surface area contributed by atoms with Gasteiger partial charge in [0.25, 0.3) is 0 Å². The zero-order valence-corrected chi connectivity index (χ0v) is 6.80. The number of rotatable bonds is 1. The van der Waals surface area contributed by atoms with Crippen LogP contribution >= 0.6 is 0 Å². The monoisotopic (exact) mass is 140 g/mol. The SMILES string of the molecule is CC1=CC(C)CC(CO)C1. The van der Waals surface area contributed by atoms with Crippen LogP contribution in [-0.4, -0.2) is 11.7 Å². The van der Waals surface area contributed by atoms with Crippen molar-refractivity contribution in [3.63, 3.8) is 0 Å². The molecule has 0 aromatic rings. The Morgan fingerprint density at radius 2 is 2.40 bits per heavy atom. The Morgan fingerprint density at radius 3 is 2.90 bits per heavy atom. The molecule has 1 N–H and O–H groups in total. The lowest BCUT2D eigenvalue weighted by molar-refractivity contribution is 0.203. The molecular formula is C9H16O. The van der Waals surface area contributed by atoms with Gasteiger partial charge in [0.15, 0.2) is 0 Å². The third kappa shape index (κ3) is 1.84. The maximum absolute atomic E-state index is 8.90. The highest BCUT2D eigenvalue weighted by Gasteiger charge is 2.16. The predicted molar refractivity (Wildman–Crippen MR) is 42.7 cm³/mol. The summed E-state index contributed by atoms with van der Waals surface area (Å²) in [6, 6.07) is 0. The molecule has 1 rings (SSSR count). The number of hydrogen-bond acceptors (Lipinski definition) is 1. The number of hydrogen-bond donors (Lipinski definition) is 1. The first-order chi connectivity index (χ1) is 4.72. The fourth-order valence-electron chi connectivity index (χ4n) is 1.83. The Balaban J connectivity index is 2.52. The molecule has 1 heteroatoms. The van der Waals surface area contributed by atoms with Gasteiger partial charge in [-0.15, -0.1) is 0 Å². The number of allylic oxidation sites excluding steroid dienone is 2. The van der Waals surface area contributed by atoms with Gasteiger partial charge in [-0.05, 0) is 31.6 Å². The highest BCUT2D eigenvalue weighted by atomic mass is 16.3. The van der Waals surface area contributed by atoms with Crippen molar-refractivity contribution >= 4 is 0 Å². The second-order valence-corrected chi connectivity index (χ2v) is 3.48. The molecule has 0 aliphatic heterocycles. The van der Waals surface area contributed by atoms with Crippen LogP contribution in [0, 0.1) is 11.8 Å². The van der Waals surface area contributed by atoms with Crippen molar-refractivity contribution in [3.05, 3.63) is 11.6 Å². The summed E-state index contributed by atoms with van der Waals surface area (Å²) in [4.78, 5) is 0. The molecule has 1 aliphatic carbocycles. The summed E-state index contributed by atoms with van der Waals surface area (Å²) in [6.07, 6.45) is 4.57. The van der Waals surface area contributed by atoms with Crippen molar-refractivity contribution in [1.82, 2.24) is 0 Å². The maximum Gasteiger partial charge on any atom is 0.0462 e. The number of aliphatic hydroxyl groups excluding tert-OH is 1. The summed E-state index contributed by atoms with van der Waals surface area (Å²) >= 11 is 0. The van der Waals surface area contributed by atoms with Gasteiger partial charge in [0.05, 0.1) is 0 Å². The highest BCUT2D eigenvalue weighted by molar-refractivity contribution is 5.05. The molecule has 1 nitrogen and oxygen atoms in total. The van der Waals surface area contributed by atoms with Gasteiger partial charge in [-0.3, -0.25) is 0 Å². The first-order valence-electron chi connectivity index (χ1n) is 4.00. The lowest BCUT2D eigenvalue weighted by Crippen LogP contribution is -2.14. The standard InChI is InChI=1S/C9H16O/c1-7-3-8(2)5-9(4-7)6-10/h3,7,9-10H,4-6H2,1-2H3. The molecule has 0 spiro atoms. The van der Waals surface area contributed by atoms with Crippen LogP contribution in [0.2, 0.25) is 0 Å². The molecule has 0 amide bonds. The molecule has 0 saturated heterocycles. The van der Waals surface area contributed by atoms with E-state index in [0.29, 0.717) is 18.4 Å². The second kappa shape index (κ2) is 3.20. The lowest BCUT2D eigenvalue weighted by Gasteiger charge is -2.23. The van der Waals surface area contributed by atoms with Gasteiger partial charge in [-0.2, -0.15) is 0 Å². The fraction of sp³-hybridized carbons (Fsp3) is 0.778. The third-order valence-corrected chi connectivity index (χ3v) is 2.14. The van der Waals surface area contributed by atoms with Crippen molar-refractivity contribution in [2.24, 2.45) is 11.8 Å². The molecular weight excluding hydrogens is 124 g/mol. The Hall–Kier alpha value is -0.300. The molecule has 0 heterocycles. The van der Waals surface area contributed by atoms with E-state index >= 15 is 0 Å². The first-order valence-corrected chi connectivity index (χ1v) is 4.00. The van der Waals surface area contributed by atoms with E-state index in [-0.39, 0.29) is 0 Å². The van der Waals surface area contributed by atoms with Gasteiger partial charge in [0, 0.05) is 6.61 Å². The van der Waals surface area contributed by atoms with Crippen LogP contribution in [0.15, 0.2) is 11.6 Å². The molecule has 58 valence electrons. The first kappa shape index (κ1) is 7.80. The maximum atomic E-state index is 8.90. The summed E-state index contributed by atoms with van der Waals surface area (Å²) in [6.45, 7) is 4.72. The van der Waals surface area contributed by atoms with Crippen molar-refractivity contribution < 1.29 is 5.11 Å². The average Bonchev–Trinajstić information content (AvgIpc) is 1.85. The van der Waals surface area contributed by atoms with E-state index in [9.17, 15) is 0 Å². The van der Waals surface area contributed by atoms with Gasteiger partial charge < -0.3 is 5.11 Å². The summed E-state index contributed by atoms with van der Waals surface area (Å²) in [5.74, 6) is 1.20. The van der Waals surface area contributed by atoms with E-state index in [0.717, 1.165) is 12.8 Å². The van der Waals surface area contributed by atoms with Crippen LogP contribution < -0.4 is 0 Å². The average molecular weight is 140 g/mol. The normalized spacial score (nSPS) is 33.7. The molecule has 1 aliphatic rings. The van der Waals surface area contributed by atoms with Crippen molar-refractivity contribution in [3.8, 4) is 0 Å². The van der Waals surface area contributed by atoms with E-state index in [2.05, 4.69) is 19.9 Å². The molecule has 0 aromatic carbocycles. The summed E-state index contributed by atoms with van der Waals surface area (Å²) in [7, 11) is 0. The molecule has 2 unspecified atom stereocenters. The molecule has 10 heavy (non-hydrogen) atoms. The zero-order valence-electron chi connectivity index (χ0n) is 6.80. The smallest absolute Gasteiger partial charge is 0.0462 e. The Kier molecular flexibility index (Phi) is 2.50. The van der Waals surface area contributed by atoms with E-state index in [1.54, 1.807) is 0 Å². The Morgan fingerprint density at radius 1 is 1.70 bits per heavy atom. The third-order valence-electron chi connectivity index (χ3n) is 2.14. The van der Waals surface area contributed by atoms with Gasteiger partial charge in [-0.25, -0.2) is 0 Å². The van der Waals surface area contributed by atoms with E-state index < -0.39 is 0 Å². The predicted octanol–water partition coefficient (Wildman–Crippen LogP) is 1.97. The lowest BCUT2D eigenvalue weighted by atomic mass is 9.84. The van der Waals surface area contributed by atoms with Gasteiger partial charge in [-0.1, -0.05) is 18.6 Å². The zero-order chi connectivity index (χ0) is 7.56. The largest absolute Gasteiger partial charge is 0.396 e. The minimum Gasteiger partial charge on any atom is -0.396 e. The van der Waals surface area contributed by atoms with E-state index in [1.165, 1.54) is 5.57 Å². The van der Waals surface area contributed by atoms with Crippen molar-refractivity contribution in [2.75, 3.05) is 6.61 Å². The quantitative estimate of drug-likeness (QED) is 0.552. The summed E-state index contributed by atoms with van der Waals surface area (Å²) in [5, 5.41) is 8.90. The Labute approximate surface area is 62.8 Å². The molecule has 0 aromatic heterocycles. The topological polar surface area (TPSA) is 20.2 Å². The van der Waals surface area contributed by atoms with Crippen LogP contribution in [0.1, 0.15) is 26.7 Å². The molecule has 0 fully saturated rings. The minimum atomic E-state index is 0.357. The summed E-state index contributed by atoms with van der Waals surface area (Å²) in [5.41, 5.74) is 1.44. The van der Waals surface area contributed by atoms with Crippen LogP contribution in [-0.2, 0) is 0 Å². The van der Waals surface area contributed by atoms with Gasteiger partial charge in [0.1, 0.15) is 0 Å². The van der Waals surface area contributed by atoms with Gasteiger partial charge in [0.2, 0.25) is 0 Å². The van der Waals surface area contributed by atoms with Crippen molar-refractivity contribution in [2.45, 2.75) is 26.7 Å². The summed E-state index contributed by atoms with van der Waals surface area (Å²) < 4.78 is 0. The molecule has 0 radical (unpaired) electrons. The number of aliphatic hydroxyl groups is 1. The second-order valence-electron chi connectivity index (χ2n) is 3.48. The van der Waals surface area contributed by atoms with Crippen LogP contribution in [0.3, 0.4) is 0 Å². The van der Waals surface area contributed by atoms with E-state index in [4.69, 9.17) is 5.11 Å². The van der Waals surface area contributed by atoms with Crippen LogP contribution in [0.5, 0.6) is 0 Å². The Bertz CT molecular complexity index is 138. The highest BCUT2D eigenvalue weighted by Crippen LogP contribution is 2.26. The fourth-order valence-corrected chi connectivity index (χ4v) is 1.83. The van der Waals surface area contributed by atoms with Crippen LogP contribution in [0.4, 0.5) is 0 Å². The van der Waals surface area contributed by atoms with Crippen LogP contribution in [0.25, 0.3) is 0 Å². The molecule has 2 atom stereocenters. The van der Waals surface area contributed by atoms with Gasteiger partial charge >= 0.3 is 0 Å². The minimum absolute atomic E-state index is 0.357. The molecule has 0 saturated carbocycles. The van der Waals surface area contributed by atoms with Crippen molar-refractivity contribution in [1.29, 1.82) is 0 Å². The van der Waals surface area contributed by atoms with E-state index in [1.807, 2.05) is 0 Å². The molecule has 0 bridgehead atoms.